The number of benzene rings is 2. The third kappa shape index (κ3) is 3.84. The number of rotatable bonds is 4. The van der Waals surface area contributed by atoms with E-state index >= 15 is 0 Å². The molecule has 0 saturated heterocycles. The standard InChI is InChI=1S/C16H16BrNO2/c1-11(17)14-7-2-3-8-15(14)18-16(20)10-12-5-4-6-13(19)9-12/h2-9,11,19H,10H2,1H3,(H,18,20). The van der Waals surface area contributed by atoms with Crippen LogP contribution in [0.5, 0.6) is 5.75 Å². The van der Waals surface area contributed by atoms with Crippen LogP contribution in [-0.2, 0) is 11.2 Å². The quantitative estimate of drug-likeness (QED) is 0.830. The second-order valence-electron chi connectivity index (χ2n) is 4.60. The minimum atomic E-state index is -0.101. The fraction of sp³-hybridized carbons (Fsp3) is 0.188. The predicted molar refractivity (Wildman–Crippen MR) is 84.2 cm³/mol. The average molecular weight is 334 g/mol. The van der Waals surface area contributed by atoms with Crippen molar-refractivity contribution in [3.8, 4) is 5.75 Å². The van der Waals surface area contributed by atoms with E-state index in [1.807, 2.05) is 37.3 Å². The summed E-state index contributed by atoms with van der Waals surface area (Å²) < 4.78 is 0. The average Bonchev–Trinajstić information content (AvgIpc) is 2.38. The molecular formula is C16H16BrNO2. The summed E-state index contributed by atoms with van der Waals surface area (Å²) in [4.78, 5) is 12.2. The zero-order valence-corrected chi connectivity index (χ0v) is 12.7. The van der Waals surface area contributed by atoms with Crippen LogP contribution in [-0.4, -0.2) is 11.0 Å². The minimum absolute atomic E-state index is 0.101. The molecule has 0 aliphatic carbocycles. The van der Waals surface area contributed by atoms with Crippen molar-refractivity contribution in [2.24, 2.45) is 0 Å². The number of hydrogen-bond acceptors (Lipinski definition) is 2. The largest absolute Gasteiger partial charge is 0.508 e. The topological polar surface area (TPSA) is 49.3 Å². The van der Waals surface area contributed by atoms with E-state index in [1.54, 1.807) is 18.2 Å². The summed E-state index contributed by atoms with van der Waals surface area (Å²) in [5, 5.41) is 12.3. The maximum Gasteiger partial charge on any atom is 0.228 e. The molecular weight excluding hydrogens is 318 g/mol. The summed E-state index contributed by atoms with van der Waals surface area (Å²) in [6, 6.07) is 14.4. The van der Waals surface area contributed by atoms with Gasteiger partial charge in [0.25, 0.3) is 0 Å². The fourth-order valence-electron chi connectivity index (χ4n) is 2.00. The monoisotopic (exact) mass is 333 g/mol. The van der Waals surface area contributed by atoms with Gasteiger partial charge in [-0.1, -0.05) is 46.3 Å². The van der Waals surface area contributed by atoms with Gasteiger partial charge >= 0.3 is 0 Å². The molecule has 2 rings (SSSR count). The van der Waals surface area contributed by atoms with Gasteiger partial charge in [0, 0.05) is 10.5 Å². The van der Waals surface area contributed by atoms with Gasteiger partial charge in [-0.2, -0.15) is 0 Å². The fourth-order valence-corrected chi connectivity index (χ4v) is 2.40. The molecule has 20 heavy (non-hydrogen) atoms. The lowest BCUT2D eigenvalue weighted by molar-refractivity contribution is -0.115. The highest BCUT2D eigenvalue weighted by molar-refractivity contribution is 9.09. The molecule has 0 bridgehead atoms. The third-order valence-corrected chi connectivity index (χ3v) is 3.43. The van der Waals surface area contributed by atoms with Crippen molar-refractivity contribution >= 4 is 27.5 Å². The Morgan fingerprint density at radius 3 is 2.70 bits per heavy atom. The van der Waals surface area contributed by atoms with Gasteiger partial charge in [0.2, 0.25) is 5.91 Å². The zero-order valence-electron chi connectivity index (χ0n) is 11.1. The minimum Gasteiger partial charge on any atom is -0.508 e. The molecule has 2 N–H and O–H groups in total. The molecule has 0 spiro atoms. The maximum atomic E-state index is 12.1. The normalized spacial score (nSPS) is 11.9. The lowest BCUT2D eigenvalue weighted by Gasteiger charge is -2.12. The Kier molecular flexibility index (Phi) is 4.79. The van der Waals surface area contributed by atoms with E-state index in [2.05, 4.69) is 21.2 Å². The van der Waals surface area contributed by atoms with Crippen molar-refractivity contribution in [2.75, 3.05) is 5.32 Å². The summed E-state index contributed by atoms with van der Waals surface area (Å²) >= 11 is 3.52. The number of anilines is 1. The molecule has 0 saturated carbocycles. The van der Waals surface area contributed by atoms with Crippen molar-refractivity contribution in [1.29, 1.82) is 0 Å². The molecule has 0 fully saturated rings. The zero-order chi connectivity index (χ0) is 14.5. The second-order valence-corrected chi connectivity index (χ2v) is 5.97. The Morgan fingerprint density at radius 1 is 1.25 bits per heavy atom. The Balaban J connectivity index is 2.09. The van der Waals surface area contributed by atoms with Crippen LogP contribution in [0.15, 0.2) is 48.5 Å². The Bertz CT molecular complexity index is 611. The number of hydrogen-bond donors (Lipinski definition) is 2. The maximum absolute atomic E-state index is 12.1. The highest BCUT2D eigenvalue weighted by atomic mass is 79.9. The van der Waals surface area contributed by atoms with E-state index in [0.29, 0.717) is 0 Å². The molecule has 0 aliphatic heterocycles. The number of para-hydroxylation sites is 1. The van der Waals surface area contributed by atoms with Crippen molar-refractivity contribution in [2.45, 2.75) is 18.2 Å². The molecule has 4 heteroatoms. The first-order chi connectivity index (χ1) is 9.56. The summed E-state index contributed by atoms with van der Waals surface area (Å²) in [6.07, 6.45) is 0.236. The number of carbonyl (C=O) groups is 1. The summed E-state index contributed by atoms with van der Waals surface area (Å²) in [5.41, 5.74) is 2.63. The van der Waals surface area contributed by atoms with Crippen LogP contribution in [0.25, 0.3) is 0 Å². The van der Waals surface area contributed by atoms with Crippen molar-refractivity contribution in [1.82, 2.24) is 0 Å². The highest BCUT2D eigenvalue weighted by Gasteiger charge is 2.10. The molecule has 1 amide bonds. The predicted octanol–water partition coefficient (Wildman–Crippen LogP) is 4.03. The number of halogens is 1. The Hall–Kier alpha value is -1.81. The molecule has 0 aromatic heterocycles. The van der Waals surface area contributed by atoms with Gasteiger partial charge in [0.05, 0.1) is 6.42 Å². The van der Waals surface area contributed by atoms with E-state index in [-0.39, 0.29) is 22.9 Å². The van der Waals surface area contributed by atoms with E-state index < -0.39 is 0 Å². The second kappa shape index (κ2) is 6.57. The number of aromatic hydroxyl groups is 1. The van der Waals surface area contributed by atoms with Gasteiger partial charge in [0.1, 0.15) is 5.75 Å². The molecule has 104 valence electrons. The van der Waals surface area contributed by atoms with Crippen LogP contribution < -0.4 is 5.32 Å². The summed E-state index contributed by atoms with van der Waals surface area (Å²) in [5.74, 6) is 0.0704. The smallest absolute Gasteiger partial charge is 0.228 e. The molecule has 1 unspecified atom stereocenters. The third-order valence-electron chi connectivity index (χ3n) is 2.94. The molecule has 3 nitrogen and oxygen atoms in total. The van der Waals surface area contributed by atoms with Gasteiger partial charge in [-0.05, 0) is 36.2 Å². The highest BCUT2D eigenvalue weighted by Crippen LogP contribution is 2.28. The van der Waals surface area contributed by atoms with Crippen LogP contribution in [0.3, 0.4) is 0 Å². The van der Waals surface area contributed by atoms with E-state index in [4.69, 9.17) is 0 Å². The van der Waals surface area contributed by atoms with Gasteiger partial charge in [0.15, 0.2) is 0 Å². The Labute approximate surface area is 126 Å². The van der Waals surface area contributed by atoms with Crippen molar-refractivity contribution in [3.63, 3.8) is 0 Å². The van der Waals surface area contributed by atoms with Crippen LogP contribution in [0.2, 0.25) is 0 Å². The molecule has 0 heterocycles. The number of phenols is 1. The van der Waals surface area contributed by atoms with Crippen LogP contribution in [0, 0.1) is 0 Å². The molecule has 0 radical (unpaired) electrons. The number of carbonyl (C=O) groups excluding carboxylic acids is 1. The number of nitrogens with one attached hydrogen (secondary N) is 1. The molecule has 2 aromatic carbocycles. The molecule has 1 atom stereocenters. The van der Waals surface area contributed by atoms with Crippen LogP contribution >= 0.6 is 15.9 Å². The van der Waals surface area contributed by atoms with Gasteiger partial charge in [-0.25, -0.2) is 0 Å². The number of alkyl halides is 1. The van der Waals surface area contributed by atoms with Gasteiger partial charge < -0.3 is 10.4 Å². The molecule has 2 aromatic rings. The summed E-state index contributed by atoms with van der Waals surface area (Å²) in [7, 11) is 0. The number of amides is 1. The molecule has 0 aliphatic rings. The van der Waals surface area contributed by atoms with E-state index in [1.165, 1.54) is 0 Å². The summed E-state index contributed by atoms with van der Waals surface area (Å²) in [6.45, 7) is 2.01. The SMILES string of the molecule is CC(Br)c1ccccc1NC(=O)Cc1cccc(O)c1. The van der Waals surface area contributed by atoms with E-state index in [0.717, 1.165) is 16.8 Å². The van der Waals surface area contributed by atoms with Crippen molar-refractivity contribution in [3.05, 3.63) is 59.7 Å². The first-order valence-corrected chi connectivity index (χ1v) is 7.28. The van der Waals surface area contributed by atoms with Gasteiger partial charge in [-0.3, -0.25) is 4.79 Å². The van der Waals surface area contributed by atoms with E-state index in [9.17, 15) is 9.90 Å². The van der Waals surface area contributed by atoms with Gasteiger partial charge in [-0.15, -0.1) is 0 Å². The first-order valence-electron chi connectivity index (χ1n) is 6.37. The lowest BCUT2D eigenvalue weighted by Crippen LogP contribution is -2.15. The lowest BCUT2D eigenvalue weighted by atomic mass is 10.1. The van der Waals surface area contributed by atoms with Crippen LogP contribution in [0.1, 0.15) is 22.9 Å². The first kappa shape index (κ1) is 14.6. The Morgan fingerprint density at radius 2 is 2.00 bits per heavy atom. The number of phenolic OH excluding ortho intramolecular Hbond substituents is 1. The van der Waals surface area contributed by atoms with Crippen LogP contribution in [0.4, 0.5) is 5.69 Å². The van der Waals surface area contributed by atoms with Crippen molar-refractivity contribution < 1.29 is 9.90 Å².